The first-order valence-corrected chi connectivity index (χ1v) is 3.71. The SMILES string of the molecule is C1=CN2C(=NC1)Oc1ccoc12. The molecule has 3 rings (SSSR count). The summed E-state index contributed by atoms with van der Waals surface area (Å²) in [5.41, 5.74) is 0. The molecular weight excluding hydrogens is 156 g/mol. The van der Waals surface area contributed by atoms with Crippen molar-refractivity contribution in [1.29, 1.82) is 0 Å². The van der Waals surface area contributed by atoms with E-state index in [1.54, 1.807) is 17.2 Å². The van der Waals surface area contributed by atoms with Gasteiger partial charge in [0.05, 0.1) is 12.8 Å². The summed E-state index contributed by atoms with van der Waals surface area (Å²) in [5, 5.41) is 0. The summed E-state index contributed by atoms with van der Waals surface area (Å²) in [6.07, 6.45) is 5.45. The number of rotatable bonds is 0. The molecule has 0 bridgehead atoms. The fourth-order valence-corrected chi connectivity index (χ4v) is 1.30. The molecule has 12 heavy (non-hydrogen) atoms. The van der Waals surface area contributed by atoms with Crippen LogP contribution in [0.1, 0.15) is 0 Å². The summed E-state index contributed by atoms with van der Waals surface area (Å²) >= 11 is 0. The van der Waals surface area contributed by atoms with Crippen LogP contribution in [0.5, 0.6) is 5.75 Å². The lowest BCUT2D eigenvalue weighted by molar-refractivity contribution is 0.559. The van der Waals surface area contributed by atoms with Crippen molar-refractivity contribution in [2.45, 2.75) is 0 Å². The zero-order valence-corrected chi connectivity index (χ0v) is 6.23. The highest BCUT2D eigenvalue weighted by atomic mass is 16.5. The van der Waals surface area contributed by atoms with Crippen LogP contribution in [0.15, 0.2) is 34.0 Å². The molecule has 0 amide bonds. The van der Waals surface area contributed by atoms with E-state index in [9.17, 15) is 0 Å². The van der Waals surface area contributed by atoms with E-state index >= 15 is 0 Å². The third-order valence-corrected chi connectivity index (χ3v) is 1.82. The molecule has 2 aliphatic rings. The molecule has 4 heteroatoms. The van der Waals surface area contributed by atoms with Crippen LogP contribution in [-0.2, 0) is 0 Å². The lowest BCUT2D eigenvalue weighted by Crippen LogP contribution is -2.26. The molecule has 0 fully saturated rings. The minimum Gasteiger partial charge on any atom is -0.445 e. The van der Waals surface area contributed by atoms with Gasteiger partial charge in [-0.15, -0.1) is 0 Å². The highest BCUT2D eigenvalue weighted by molar-refractivity contribution is 6.00. The van der Waals surface area contributed by atoms with E-state index in [2.05, 4.69) is 4.99 Å². The van der Waals surface area contributed by atoms with Crippen molar-refractivity contribution in [2.75, 3.05) is 11.4 Å². The first-order valence-electron chi connectivity index (χ1n) is 3.71. The molecule has 60 valence electrons. The van der Waals surface area contributed by atoms with Crippen molar-refractivity contribution in [1.82, 2.24) is 0 Å². The number of hydrogen-bond acceptors (Lipinski definition) is 4. The van der Waals surface area contributed by atoms with Gasteiger partial charge in [-0.2, -0.15) is 0 Å². The smallest absolute Gasteiger partial charge is 0.304 e. The first kappa shape index (κ1) is 5.88. The van der Waals surface area contributed by atoms with E-state index in [0.29, 0.717) is 18.5 Å². The number of ether oxygens (including phenoxy) is 1. The Bertz CT molecular complexity index is 378. The Labute approximate surface area is 68.8 Å². The standard InChI is InChI=1S/C8H6N2O2/c1-3-9-8-10(4-1)7-6(12-8)2-5-11-7/h1-2,4-5H,3H2. The maximum absolute atomic E-state index is 5.38. The predicted molar refractivity (Wildman–Crippen MR) is 43.3 cm³/mol. The zero-order chi connectivity index (χ0) is 7.97. The molecule has 2 aliphatic heterocycles. The third-order valence-electron chi connectivity index (χ3n) is 1.82. The van der Waals surface area contributed by atoms with Crippen LogP contribution in [0.3, 0.4) is 0 Å². The highest BCUT2D eigenvalue weighted by Crippen LogP contribution is 2.36. The van der Waals surface area contributed by atoms with Gasteiger partial charge in [0.1, 0.15) is 0 Å². The second-order valence-corrected chi connectivity index (χ2v) is 2.57. The van der Waals surface area contributed by atoms with Gasteiger partial charge in [0.15, 0.2) is 5.75 Å². The molecule has 0 unspecified atom stereocenters. The molecule has 1 aromatic heterocycles. The normalized spacial score (nSPS) is 18.3. The molecule has 0 spiro atoms. The van der Waals surface area contributed by atoms with Crippen LogP contribution in [0, 0.1) is 0 Å². The summed E-state index contributed by atoms with van der Waals surface area (Å²) in [6.45, 7) is 0.677. The summed E-state index contributed by atoms with van der Waals surface area (Å²) < 4.78 is 10.6. The van der Waals surface area contributed by atoms with Gasteiger partial charge >= 0.3 is 6.02 Å². The Morgan fingerprint density at radius 3 is 3.50 bits per heavy atom. The molecule has 0 saturated heterocycles. The topological polar surface area (TPSA) is 38.0 Å². The Hall–Kier alpha value is -1.71. The quantitative estimate of drug-likeness (QED) is 0.578. The number of anilines is 1. The number of furan rings is 1. The van der Waals surface area contributed by atoms with Gasteiger partial charge < -0.3 is 9.15 Å². The van der Waals surface area contributed by atoms with Gasteiger partial charge in [0.2, 0.25) is 0 Å². The first-order chi connectivity index (χ1) is 5.95. The summed E-state index contributed by atoms with van der Waals surface area (Å²) in [5.74, 6) is 1.45. The minimum atomic E-state index is 0.604. The molecular formula is C8H6N2O2. The minimum absolute atomic E-state index is 0.604. The van der Waals surface area contributed by atoms with Crippen molar-refractivity contribution in [3.05, 3.63) is 24.6 Å². The lowest BCUT2D eigenvalue weighted by Gasteiger charge is -2.12. The van der Waals surface area contributed by atoms with Crippen LogP contribution in [0.4, 0.5) is 5.88 Å². The van der Waals surface area contributed by atoms with Crippen LogP contribution >= 0.6 is 0 Å². The van der Waals surface area contributed by atoms with Crippen molar-refractivity contribution in [2.24, 2.45) is 4.99 Å². The number of nitrogens with zero attached hydrogens (tertiary/aromatic N) is 2. The van der Waals surface area contributed by atoms with Gasteiger partial charge in [-0.05, 0) is 6.08 Å². The maximum Gasteiger partial charge on any atom is 0.304 e. The Morgan fingerprint density at radius 1 is 1.50 bits per heavy atom. The molecule has 0 radical (unpaired) electrons. The lowest BCUT2D eigenvalue weighted by atomic mass is 10.5. The van der Waals surface area contributed by atoms with Crippen LogP contribution in [0.25, 0.3) is 0 Å². The fourth-order valence-electron chi connectivity index (χ4n) is 1.30. The van der Waals surface area contributed by atoms with Gasteiger partial charge in [0.25, 0.3) is 5.88 Å². The van der Waals surface area contributed by atoms with E-state index in [0.717, 1.165) is 5.75 Å². The van der Waals surface area contributed by atoms with E-state index in [-0.39, 0.29) is 0 Å². The van der Waals surface area contributed by atoms with E-state index in [4.69, 9.17) is 9.15 Å². The number of hydrogen-bond donors (Lipinski definition) is 0. The van der Waals surface area contributed by atoms with Crippen LogP contribution in [-0.4, -0.2) is 12.6 Å². The molecule has 1 aromatic rings. The molecule has 3 heterocycles. The van der Waals surface area contributed by atoms with Gasteiger partial charge in [-0.3, -0.25) is 0 Å². The van der Waals surface area contributed by atoms with Crippen molar-refractivity contribution in [3.8, 4) is 5.75 Å². The monoisotopic (exact) mass is 162 g/mol. The molecule has 0 N–H and O–H groups in total. The van der Waals surface area contributed by atoms with E-state index < -0.39 is 0 Å². The Morgan fingerprint density at radius 2 is 2.50 bits per heavy atom. The zero-order valence-electron chi connectivity index (χ0n) is 6.23. The fraction of sp³-hybridized carbons (Fsp3) is 0.125. The van der Waals surface area contributed by atoms with Crippen LogP contribution < -0.4 is 9.64 Å². The van der Waals surface area contributed by atoms with Gasteiger partial charge in [-0.25, -0.2) is 9.89 Å². The van der Waals surface area contributed by atoms with Crippen molar-refractivity contribution >= 4 is 11.9 Å². The Balaban J connectivity index is 2.15. The summed E-state index contributed by atoms with van der Waals surface area (Å²) in [7, 11) is 0. The number of amidine groups is 1. The highest BCUT2D eigenvalue weighted by Gasteiger charge is 2.30. The largest absolute Gasteiger partial charge is 0.445 e. The third kappa shape index (κ3) is 0.592. The van der Waals surface area contributed by atoms with Gasteiger partial charge in [-0.1, -0.05) is 0 Å². The predicted octanol–water partition coefficient (Wildman–Crippen LogP) is 1.36. The number of aliphatic imine (C=N–C) groups is 1. The van der Waals surface area contributed by atoms with Crippen LogP contribution in [0.2, 0.25) is 0 Å². The molecule has 0 aliphatic carbocycles. The molecule has 0 saturated carbocycles. The molecule has 0 aromatic carbocycles. The molecule has 0 atom stereocenters. The van der Waals surface area contributed by atoms with E-state index in [1.165, 1.54) is 0 Å². The second kappa shape index (κ2) is 1.91. The van der Waals surface area contributed by atoms with Gasteiger partial charge in [0, 0.05) is 12.3 Å². The molecule has 4 nitrogen and oxygen atoms in total. The summed E-state index contributed by atoms with van der Waals surface area (Å²) in [4.78, 5) is 5.94. The average molecular weight is 162 g/mol. The van der Waals surface area contributed by atoms with E-state index in [1.807, 2.05) is 12.3 Å². The van der Waals surface area contributed by atoms with Crippen molar-refractivity contribution in [3.63, 3.8) is 0 Å². The Kier molecular flexibility index (Phi) is 0.935. The van der Waals surface area contributed by atoms with Crippen molar-refractivity contribution < 1.29 is 9.15 Å². The second-order valence-electron chi connectivity index (χ2n) is 2.57. The summed E-state index contributed by atoms with van der Waals surface area (Å²) in [6, 6.07) is 2.39. The number of fused-ring (bicyclic) bond motifs is 3. The average Bonchev–Trinajstić information content (AvgIpc) is 2.62. The maximum atomic E-state index is 5.38.